The van der Waals surface area contributed by atoms with E-state index in [1.165, 1.54) is 12.4 Å². The predicted molar refractivity (Wildman–Crippen MR) is 72.0 cm³/mol. The molecule has 0 aliphatic heterocycles. The normalized spacial score (nSPS) is 10.7. The van der Waals surface area contributed by atoms with Gasteiger partial charge in [-0.2, -0.15) is 0 Å². The van der Waals surface area contributed by atoms with E-state index in [0.717, 1.165) is 11.3 Å². The SMILES string of the molecule is CCCNc1ccncc1C(=O)N(CCO)CC(F)F. The summed E-state index contributed by atoms with van der Waals surface area (Å²) < 4.78 is 25.0. The summed E-state index contributed by atoms with van der Waals surface area (Å²) >= 11 is 0. The predicted octanol–water partition coefficient (Wildman–Crippen LogP) is 1.60. The van der Waals surface area contributed by atoms with Gasteiger partial charge in [0.2, 0.25) is 0 Å². The number of aliphatic hydroxyl groups excluding tert-OH is 1. The van der Waals surface area contributed by atoms with Gasteiger partial charge in [-0.3, -0.25) is 9.78 Å². The molecule has 0 atom stereocenters. The summed E-state index contributed by atoms with van der Waals surface area (Å²) in [6, 6.07) is 1.63. The number of alkyl halides is 2. The quantitative estimate of drug-likeness (QED) is 0.762. The second-order valence-corrected chi connectivity index (χ2v) is 4.21. The first-order valence-electron chi connectivity index (χ1n) is 6.46. The zero-order valence-corrected chi connectivity index (χ0v) is 11.4. The monoisotopic (exact) mass is 287 g/mol. The lowest BCUT2D eigenvalue weighted by Gasteiger charge is -2.22. The van der Waals surface area contributed by atoms with E-state index < -0.39 is 18.9 Å². The van der Waals surface area contributed by atoms with E-state index in [1.807, 2.05) is 6.92 Å². The molecular weight excluding hydrogens is 268 g/mol. The summed E-state index contributed by atoms with van der Waals surface area (Å²) in [6.45, 7) is 1.44. The van der Waals surface area contributed by atoms with Gasteiger partial charge in [0.15, 0.2) is 0 Å². The van der Waals surface area contributed by atoms with Gasteiger partial charge in [-0.1, -0.05) is 6.92 Å². The highest BCUT2D eigenvalue weighted by Crippen LogP contribution is 2.16. The van der Waals surface area contributed by atoms with Gasteiger partial charge in [0.1, 0.15) is 0 Å². The van der Waals surface area contributed by atoms with Crippen LogP contribution in [0.3, 0.4) is 0 Å². The third-order valence-electron chi connectivity index (χ3n) is 2.63. The van der Waals surface area contributed by atoms with Crippen LogP contribution in [0, 0.1) is 0 Å². The van der Waals surface area contributed by atoms with Gasteiger partial charge in [0.25, 0.3) is 12.3 Å². The molecule has 5 nitrogen and oxygen atoms in total. The van der Waals surface area contributed by atoms with Crippen LogP contribution in [0.1, 0.15) is 23.7 Å². The van der Waals surface area contributed by atoms with Gasteiger partial charge >= 0.3 is 0 Å². The van der Waals surface area contributed by atoms with Crippen LogP contribution < -0.4 is 5.32 Å². The summed E-state index contributed by atoms with van der Waals surface area (Å²) in [5.41, 5.74) is 0.791. The van der Waals surface area contributed by atoms with E-state index in [9.17, 15) is 13.6 Å². The van der Waals surface area contributed by atoms with E-state index in [4.69, 9.17) is 5.11 Å². The number of aliphatic hydroxyl groups is 1. The highest BCUT2D eigenvalue weighted by molar-refractivity contribution is 5.99. The number of halogens is 2. The van der Waals surface area contributed by atoms with E-state index >= 15 is 0 Å². The number of rotatable bonds is 8. The molecule has 0 saturated carbocycles. The number of nitrogens with zero attached hydrogens (tertiary/aromatic N) is 2. The molecule has 0 bridgehead atoms. The first kappa shape index (κ1) is 16.3. The Morgan fingerprint density at radius 3 is 2.90 bits per heavy atom. The van der Waals surface area contributed by atoms with Crippen LogP contribution in [0.2, 0.25) is 0 Å². The summed E-state index contributed by atoms with van der Waals surface area (Å²) in [7, 11) is 0. The fourth-order valence-corrected chi connectivity index (χ4v) is 1.71. The van der Waals surface area contributed by atoms with E-state index in [-0.39, 0.29) is 18.7 Å². The molecule has 2 N–H and O–H groups in total. The second kappa shape index (κ2) is 8.42. The van der Waals surface area contributed by atoms with Crippen molar-refractivity contribution in [3.05, 3.63) is 24.0 Å². The molecule has 112 valence electrons. The number of pyridine rings is 1. The van der Waals surface area contributed by atoms with Crippen LogP contribution in [0.15, 0.2) is 18.5 Å². The highest BCUT2D eigenvalue weighted by Gasteiger charge is 2.21. The number of hydrogen-bond acceptors (Lipinski definition) is 4. The second-order valence-electron chi connectivity index (χ2n) is 4.21. The van der Waals surface area contributed by atoms with Crippen LogP contribution >= 0.6 is 0 Å². The van der Waals surface area contributed by atoms with Crippen molar-refractivity contribution in [2.24, 2.45) is 0 Å². The molecule has 1 rings (SSSR count). The Labute approximate surface area is 116 Å². The molecule has 0 saturated heterocycles. The summed E-state index contributed by atoms with van der Waals surface area (Å²) in [5, 5.41) is 11.9. The number of nitrogens with one attached hydrogen (secondary N) is 1. The lowest BCUT2D eigenvalue weighted by atomic mass is 10.2. The lowest BCUT2D eigenvalue weighted by Crippen LogP contribution is -2.37. The molecular formula is C13H19F2N3O2. The van der Waals surface area contributed by atoms with Gasteiger partial charge in [-0.25, -0.2) is 8.78 Å². The summed E-state index contributed by atoms with van der Waals surface area (Å²) in [5.74, 6) is -0.564. The minimum absolute atomic E-state index is 0.134. The van der Waals surface area contributed by atoms with E-state index in [2.05, 4.69) is 10.3 Å². The highest BCUT2D eigenvalue weighted by atomic mass is 19.3. The number of carbonyl (C=O) groups excluding carboxylic acids is 1. The zero-order chi connectivity index (χ0) is 15.0. The molecule has 0 spiro atoms. The fourth-order valence-electron chi connectivity index (χ4n) is 1.71. The molecule has 1 heterocycles. The van der Waals surface area contributed by atoms with Crippen LogP contribution in [-0.4, -0.2) is 53.6 Å². The number of aromatic nitrogens is 1. The first-order chi connectivity index (χ1) is 9.60. The molecule has 0 radical (unpaired) electrons. The van der Waals surface area contributed by atoms with Gasteiger partial charge in [-0.05, 0) is 12.5 Å². The minimum atomic E-state index is -2.64. The average Bonchev–Trinajstić information content (AvgIpc) is 2.44. The van der Waals surface area contributed by atoms with Crippen molar-refractivity contribution in [2.45, 2.75) is 19.8 Å². The van der Waals surface area contributed by atoms with Crippen molar-refractivity contribution >= 4 is 11.6 Å². The van der Waals surface area contributed by atoms with Crippen molar-refractivity contribution in [2.75, 3.05) is 31.6 Å². The Balaban J connectivity index is 2.92. The smallest absolute Gasteiger partial charge is 0.257 e. The van der Waals surface area contributed by atoms with Crippen LogP contribution in [0.5, 0.6) is 0 Å². The molecule has 1 amide bonds. The Kier molecular flexibility index (Phi) is 6.86. The maximum Gasteiger partial charge on any atom is 0.257 e. The molecule has 7 heteroatoms. The summed E-state index contributed by atoms with van der Waals surface area (Å²) in [6.07, 6.45) is 1.09. The maximum absolute atomic E-state index is 12.5. The molecule has 0 aromatic carbocycles. The maximum atomic E-state index is 12.5. The molecule has 1 aromatic rings. The molecule has 0 fully saturated rings. The number of carbonyl (C=O) groups is 1. The number of amides is 1. The molecule has 0 aliphatic rings. The Morgan fingerprint density at radius 1 is 1.55 bits per heavy atom. The van der Waals surface area contributed by atoms with Crippen molar-refractivity contribution < 1.29 is 18.7 Å². The standard InChI is InChI=1S/C13H19F2N3O2/c1-2-4-17-11-3-5-16-8-10(11)13(20)18(6-7-19)9-12(14)15/h3,5,8,12,19H,2,4,6-7,9H2,1H3,(H,16,17). The fraction of sp³-hybridized carbons (Fsp3) is 0.538. The molecule has 0 aliphatic carbocycles. The van der Waals surface area contributed by atoms with Crippen molar-refractivity contribution in [1.82, 2.24) is 9.88 Å². The largest absolute Gasteiger partial charge is 0.395 e. The van der Waals surface area contributed by atoms with Crippen molar-refractivity contribution in [3.8, 4) is 0 Å². The van der Waals surface area contributed by atoms with Gasteiger partial charge in [-0.15, -0.1) is 0 Å². The van der Waals surface area contributed by atoms with Crippen LogP contribution in [0.25, 0.3) is 0 Å². The zero-order valence-electron chi connectivity index (χ0n) is 11.4. The third kappa shape index (κ3) is 4.73. The van der Waals surface area contributed by atoms with Gasteiger partial charge in [0, 0.05) is 25.5 Å². The first-order valence-corrected chi connectivity index (χ1v) is 6.46. The van der Waals surface area contributed by atoms with Crippen LogP contribution in [-0.2, 0) is 0 Å². The number of anilines is 1. The van der Waals surface area contributed by atoms with Crippen molar-refractivity contribution in [3.63, 3.8) is 0 Å². The Hall–Kier alpha value is -1.76. The average molecular weight is 287 g/mol. The summed E-state index contributed by atoms with van der Waals surface area (Å²) in [4.78, 5) is 17.0. The van der Waals surface area contributed by atoms with Crippen molar-refractivity contribution in [1.29, 1.82) is 0 Å². The molecule has 1 aromatic heterocycles. The lowest BCUT2D eigenvalue weighted by molar-refractivity contribution is 0.0509. The topological polar surface area (TPSA) is 65.5 Å². The van der Waals surface area contributed by atoms with E-state index in [0.29, 0.717) is 12.2 Å². The number of hydrogen-bond donors (Lipinski definition) is 2. The minimum Gasteiger partial charge on any atom is -0.395 e. The van der Waals surface area contributed by atoms with Gasteiger partial charge < -0.3 is 15.3 Å². The van der Waals surface area contributed by atoms with Gasteiger partial charge in [0.05, 0.1) is 24.4 Å². The van der Waals surface area contributed by atoms with Crippen LogP contribution in [0.4, 0.5) is 14.5 Å². The molecule has 0 unspecified atom stereocenters. The Morgan fingerprint density at radius 2 is 2.30 bits per heavy atom. The van der Waals surface area contributed by atoms with E-state index in [1.54, 1.807) is 6.07 Å². The molecule has 20 heavy (non-hydrogen) atoms. The third-order valence-corrected chi connectivity index (χ3v) is 2.63. The Bertz CT molecular complexity index is 430.